The van der Waals surface area contributed by atoms with Crippen molar-refractivity contribution in [3.05, 3.63) is 52.9 Å². The quantitative estimate of drug-likeness (QED) is 0.565. The van der Waals surface area contributed by atoms with E-state index < -0.39 is 0 Å². The molecule has 2 aliphatic rings. The number of amides is 1. The van der Waals surface area contributed by atoms with Gasteiger partial charge in [0, 0.05) is 56.4 Å². The number of fused-ring (bicyclic) bond motifs is 1. The normalized spacial score (nSPS) is 20.4. The van der Waals surface area contributed by atoms with Gasteiger partial charge < -0.3 is 10.6 Å². The molecule has 1 aliphatic carbocycles. The number of carbonyl (C=O) groups is 1. The average Bonchev–Trinajstić information content (AvgIpc) is 3.29. The molecule has 0 spiro atoms. The van der Waals surface area contributed by atoms with E-state index in [1.807, 2.05) is 0 Å². The summed E-state index contributed by atoms with van der Waals surface area (Å²) >= 11 is 6.56. The van der Waals surface area contributed by atoms with Gasteiger partial charge in [-0.1, -0.05) is 30.9 Å². The van der Waals surface area contributed by atoms with E-state index in [4.69, 9.17) is 11.6 Å². The summed E-state index contributed by atoms with van der Waals surface area (Å²) in [6.07, 6.45) is 10.7. The maximum Gasteiger partial charge on any atom is 0.253 e. The first kappa shape index (κ1) is 23.7. The van der Waals surface area contributed by atoms with Crippen molar-refractivity contribution in [3.8, 4) is 11.9 Å². The van der Waals surface area contributed by atoms with Gasteiger partial charge in [-0.25, -0.2) is 9.97 Å². The summed E-state index contributed by atoms with van der Waals surface area (Å²) < 4.78 is 1.68. The third-order valence-corrected chi connectivity index (χ3v) is 7.73. The van der Waals surface area contributed by atoms with Crippen LogP contribution in [0.1, 0.15) is 54.9 Å². The maximum atomic E-state index is 13.6. The van der Waals surface area contributed by atoms with Crippen LogP contribution in [0.3, 0.4) is 0 Å². The maximum absolute atomic E-state index is 13.6. The van der Waals surface area contributed by atoms with Crippen molar-refractivity contribution in [2.24, 2.45) is 0 Å². The number of aromatic nitrogens is 3. The molecule has 2 fully saturated rings. The molecule has 0 aromatic carbocycles. The fourth-order valence-electron chi connectivity index (χ4n) is 5.64. The predicted octanol–water partition coefficient (Wildman–Crippen LogP) is 3.67. The Morgan fingerprint density at radius 1 is 1.29 bits per heavy atom. The van der Waals surface area contributed by atoms with Crippen LogP contribution in [0.25, 0.3) is 16.9 Å². The van der Waals surface area contributed by atoms with E-state index in [0.717, 1.165) is 32.5 Å². The Morgan fingerprint density at radius 3 is 2.89 bits per heavy atom. The summed E-state index contributed by atoms with van der Waals surface area (Å²) in [4.78, 5) is 25.1. The first-order valence-corrected chi connectivity index (χ1v) is 12.7. The Labute approximate surface area is 210 Å². The molecule has 3 aromatic rings. The largest absolute Gasteiger partial charge is 0.350 e. The molecule has 0 bridgehead atoms. The van der Waals surface area contributed by atoms with Crippen molar-refractivity contribution in [1.82, 2.24) is 30.1 Å². The number of hydrogen-bond donors (Lipinski definition) is 2. The summed E-state index contributed by atoms with van der Waals surface area (Å²) in [6.45, 7) is 5.76. The lowest BCUT2D eigenvalue weighted by molar-refractivity contribution is 0.0273. The fourth-order valence-corrected chi connectivity index (χ4v) is 5.88. The van der Waals surface area contributed by atoms with E-state index in [0.29, 0.717) is 45.6 Å². The molecule has 35 heavy (non-hydrogen) atoms. The van der Waals surface area contributed by atoms with Crippen molar-refractivity contribution < 1.29 is 4.79 Å². The van der Waals surface area contributed by atoms with Crippen LogP contribution in [0.2, 0.25) is 5.02 Å². The van der Waals surface area contributed by atoms with E-state index in [1.165, 1.54) is 19.3 Å². The van der Waals surface area contributed by atoms with Crippen LogP contribution in [0.4, 0.5) is 0 Å². The molecule has 5 rings (SSSR count). The van der Waals surface area contributed by atoms with Crippen molar-refractivity contribution >= 4 is 28.5 Å². The van der Waals surface area contributed by atoms with E-state index in [2.05, 4.69) is 38.5 Å². The molecule has 1 atom stereocenters. The zero-order valence-electron chi connectivity index (χ0n) is 19.9. The van der Waals surface area contributed by atoms with Gasteiger partial charge in [0.25, 0.3) is 5.91 Å². The third kappa shape index (κ3) is 4.52. The van der Waals surface area contributed by atoms with Gasteiger partial charge in [-0.3, -0.25) is 14.3 Å². The summed E-state index contributed by atoms with van der Waals surface area (Å²) in [7, 11) is 0. The lowest BCUT2D eigenvalue weighted by Crippen LogP contribution is -2.63. The molecule has 1 saturated carbocycles. The zero-order chi connectivity index (χ0) is 24.4. The van der Waals surface area contributed by atoms with E-state index >= 15 is 0 Å². The fraction of sp³-hybridized carbons (Fsp3) is 0.462. The highest BCUT2D eigenvalue weighted by atomic mass is 35.5. The van der Waals surface area contributed by atoms with Gasteiger partial charge in [-0.15, -0.1) is 0 Å². The highest BCUT2D eigenvalue weighted by Crippen LogP contribution is 2.35. The number of carbonyl (C=O) groups excluding carboxylic acids is 1. The molecule has 3 aromatic heterocycles. The van der Waals surface area contributed by atoms with Gasteiger partial charge in [-0.05, 0) is 38.0 Å². The van der Waals surface area contributed by atoms with Crippen molar-refractivity contribution in [2.45, 2.75) is 50.6 Å². The number of nitrogens with one attached hydrogen (secondary N) is 2. The molecular weight excluding hydrogens is 462 g/mol. The van der Waals surface area contributed by atoms with Gasteiger partial charge in [0.05, 0.1) is 21.5 Å². The summed E-state index contributed by atoms with van der Waals surface area (Å²) in [5.74, 6) is 0.235. The van der Waals surface area contributed by atoms with Crippen LogP contribution in [-0.2, 0) is 0 Å². The number of nitriles is 1. The van der Waals surface area contributed by atoms with Gasteiger partial charge in [-0.2, -0.15) is 5.26 Å². The number of hydrogen-bond acceptors (Lipinski definition) is 6. The molecule has 1 saturated heterocycles. The minimum absolute atomic E-state index is 0.0281. The van der Waals surface area contributed by atoms with Crippen molar-refractivity contribution in [2.75, 3.05) is 26.2 Å². The summed E-state index contributed by atoms with van der Waals surface area (Å²) in [5, 5.41) is 17.4. The second-order valence-corrected chi connectivity index (χ2v) is 10.1. The topological polar surface area (TPSA) is 98.9 Å². The van der Waals surface area contributed by atoms with Gasteiger partial charge in [0.15, 0.2) is 5.82 Å². The molecule has 9 heteroatoms. The Balaban J connectivity index is 1.48. The lowest BCUT2D eigenvalue weighted by Gasteiger charge is -2.49. The molecule has 8 nitrogen and oxygen atoms in total. The van der Waals surface area contributed by atoms with Crippen LogP contribution in [0.15, 0.2) is 36.8 Å². The molecule has 1 aliphatic heterocycles. The van der Waals surface area contributed by atoms with Crippen molar-refractivity contribution in [3.63, 3.8) is 0 Å². The van der Waals surface area contributed by atoms with Crippen LogP contribution in [0, 0.1) is 11.3 Å². The third-order valence-electron chi connectivity index (χ3n) is 7.42. The van der Waals surface area contributed by atoms with Gasteiger partial charge in [0.1, 0.15) is 11.7 Å². The standard InChI is InChI=1S/C26H30ClN7O/c1-18-15-33(13-12-29-18)26(8-3-2-4-9-26)17-32-25(35)20-16-34(23-19(14-28)6-5-10-30-23)24-22(20)21(27)7-11-31-24/h5-7,10-11,16,18,29H,2-4,8-9,12-13,15,17H2,1H3,(H,32,35)/t18-/m0/s1. The second-order valence-electron chi connectivity index (χ2n) is 9.66. The summed E-state index contributed by atoms with van der Waals surface area (Å²) in [6, 6.07) is 7.69. The number of rotatable bonds is 5. The van der Waals surface area contributed by atoms with E-state index in [9.17, 15) is 10.1 Å². The summed E-state index contributed by atoms with van der Waals surface area (Å²) in [5.41, 5.74) is 1.31. The predicted molar refractivity (Wildman–Crippen MR) is 136 cm³/mol. The van der Waals surface area contributed by atoms with Gasteiger partial charge in [0.2, 0.25) is 0 Å². The average molecular weight is 492 g/mol. The number of halogens is 1. The minimum atomic E-state index is -0.189. The molecule has 1 amide bonds. The number of piperazine rings is 1. The number of pyridine rings is 2. The molecule has 4 heterocycles. The van der Waals surface area contributed by atoms with Crippen LogP contribution >= 0.6 is 11.6 Å². The molecule has 0 unspecified atom stereocenters. The van der Waals surface area contributed by atoms with Crippen LogP contribution in [-0.4, -0.2) is 63.1 Å². The molecule has 0 radical (unpaired) electrons. The molecular formula is C26H30ClN7O. The van der Waals surface area contributed by atoms with Gasteiger partial charge >= 0.3 is 0 Å². The molecule has 182 valence electrons. The highest BCUT2D eigenvalue weighted by Gasteiger charge is 2.40. The smallest absolute Gasteiger partial charge is 0.253 e. The molecule has 2 N–H and O–H groups in total. The van der Waals surface area contributed by atoms with Crippen LogP contribution in [0.5, 0.6) is 0 Å². The zero-order valence-corrected chi connectivity index (χ0v) is 20.7. The van der Waals surface area contributed by atoms with E-state index in [-0.39, 0.29) is 11.4 Å². The van der Waals surface area contributed by atoms with E-state index in [1.54, 1.807) is 41.4 Å². The Bertz CT molecular complexity index is 1270. The number of nitrogens with zero attached hydrogens (tertiary/aromatic N) is 5. The lowest BCUT2D eigenvalue weighted by atomic mass is 9.79. The van der Waals surface area contributed by atoms with Crippen molar-refractivity contribution in [1.29, 1.82) is 5.26 Å². The first-order chi connectivity index (χ1) is 17.0. The Morgan fingerprint density at radius 2 is 2.11 bits per heavy atom. The highest BCUT2D eigenvalue weighted by molar-refractivity contribution is 6.36. The minimum Gasteiger partial charge on any atom is -0.350 e. The first-order valence-electron chi connectivity index (χ1n) is 12.3. The second kappa shape index (κ2) is 9.94. The Kier molecular flexibility index (Phi) is 6.74. The Hall–Kier alpha value is -2.99. The monoisotopic (exact) mass is 491 g/mol. The van der Waals surface area contributed by atoms with Crippen LogP contribution < -0.4 is 10.6 Å². The SMILES string of the molecule is C[C@H]1CN(C2(CNC(=O)c3cn(-c4ncccc4C#N)c4nccc(Cl)c34)CCCCC2)CCN1.